The van der Waals surface area contributed by atoms with Gasteiger partial charge in [0.2, 0.25) is 0 Å². The van der Waals surface area contributed by atoms with Crippen LogP contribution in [-0.4, -0.2) is 61.7 Å². The van der Waals surface area contributed by atoms with Crippen LogP contribution in [0, 0.1) is 0 Å². The van der Waals surface area contributed by atoms with Gasteiger partial charge in [0, 0.05) is 31.7 Å². The minimum Gasteiger partial charge on any atom is -0.314 e. The van der Waals surface area contributed by atoms with Gasteiger partial charge in [0.15, 0.2) is 0 Å². The van der Waals surface area contributed by atoms with Crippen molar-refractivity contribution in [3.05, 3.63) is 0 Å². The maximum atomic E-state index is 3.39. The number of hydrogen-bond acceptors (Lipinski definition) is 3. The van der Waals surface area contributed by atoms with Gasteiger partial charge in [0.25, 0.3) is 0 Å². The highest BCUT2D eigenvalue weighted by atomic mass is 15.2. The molecule has 1 N–H and O–H groups in total. The zero-order chi connectivity index (χ0) is 12.0. The molecule has 0 aromatic heterocycles. The summed E-state index contributed by atoms with van der Waals surface area (Å²) in [4.78, 5) is 5.03. The van der Waals surface area contributed by atoms with E-state index in [1.165, 1.54) is 52.1 Å². The predicted octanol–water partition coefficient (Wildman–Crippen LogP) is 1.40. The molecule has 1 fully saturated rings. The molecular weight excluding hydrogens is 198 g/mol. The van der Waals surface area contributed by atoms with Crippen LogP contribution in [0.1, 0.15) is 33.6 Å². The summed E-state index contributed by atoms with van der Waals surface area (Å²) in [5, 5.41) is 3.39. The smallest absolute Gasteiger partial charge is 0.0122 e. The molecule has 1 saturated heterocycles. The van der Waals surface area contributed by atoms with E-state index in [9.17, 15) is 0 Å². The van der Waals surface area contributed by atoms with Crippen molar-refractivity contribution in [3.63, 3.8) is 0 Å². The number of nitrogens with zero attached hydrogens (tertiary/aromatic N) is 2. The van der Waals surface area contributed by atoms with E-state index in [0.717, 1.165) is 0 Å². The molecule has 16 heavy (non-hydrogen) atoms. The van der Waals surface area contributed by atoms with Crippen molar-refractivity contribution in [3.8, 4) is 0 Å². The van der Waals surface area contributed by atoms with Gasteiger partial charge < -0.3 is 15.1 Å². The van der Waals surface area contributed by atoms with Crippen molar-refractivity contribution in [2.45, 2.75) is 39.2 Å². The molecular formula is C13H29N3. The van der Waals surface area contributed by atoms with Crippen LogP contribution >= 0.6 is 0 Å². The normalized spacial score (nSPS) is 19.3. The number of piperazine rings is 1. The number of unbranched alkanes of at least 4 members (excludes halogenated alkanes) is 1. The van der Waals surface area contributed by atoms with E-state index in [1.54, 1.807) is 0 Å². The molecule has 96 valence electrons. The zero-order valence-corrected chi connectivity index (χ0v) is 11.6. The van der Waals surface area contributed by atoms with E-state index in [4.69, 9.17) is 0 Å². The Morgan fingerprint density at radius 1 is 1.12 bits per heavy atom. The molecule has 0 unspecified atom stereocenters. The molecule has 1 heterocycles. The van der Waals surface area contributed by atoms with Crippen molar-refractivity contribution in [2.24, 2.45) is 0 Å². The van der Waals surface area contributed by atoms with E-state index in [0.29, 0.717) is 5.54 Å². The van der Waals surface area contributed by atoms with Gasteiger partial charge in [0.05, 0.1) is 0 Å². The third-order valence-corrected chi connectivity index (χ3v) is 3.57. The van der Waals surface area contributed by atoms with Gasteiger partial charge in [-0.2, -0.15) is 0 Å². The molecule has 0 radical (unpaired) electrons. The lowest BCUT2D eigenvalue weighted by Gasteiger charge is -2.32. The maximum Gasteiger partial charge on any atom is 0.0122 e. The summed E-state index contributed by atoms with van der Waals surface area (Å²) < 4.78 is 0. The number of nitrogens with one attached hydrogen (secondary N) is 1. The van der Waals surface area contributed by atoms with Crippen LogP contribution in [0.15, 0.2) is 0 Å². The summed E-state index contributed by atoms with van der Waals surface area (Å²) in [6, 6.07) is 0. The maximum absolute atomic E-state index is 3.39. The van der Waals surface area contributed by atoms with E-state index < -0.39 is 0 Å². The Labute approximate surface area is 101 Å². The summed E-state index contributed by atoms with van der Waals surface area (Å²) in [5.41, 5.74) is 0.315. The topological polar surface area (TPSA) is 18.5 Å². The van der Waals surface area contributed by atoms with Gasteiger partial charge in [-0.3, -0.25) is 0 Å². The van der Waals surface area contributed by atoms with Crippen molar-refractivity contribution in [2.75, 3.05) is 46.3 Å². The van der Waals surface area contributed by atoms with Gasteiger partial charge in [-0.05, 0) is 53.8 Å². The summed E-state index contributed by atoms with van der Waals surface area (Å²) in [6.07, 6.45) is 2.65. The molecule has 0 bridgehead atoms. The van der Waals surface area contributed by atoms with Crippen molar-refractivity contribution in [1.82, 2.24) is 15.1 Å². The van der Waals surface area contributed by atoms with E-state index in [2.05, 4.69) is 42.9 Å². The first kappa shape index (κ1) is 13.9. The molecule has 1 aliphatic heterocycles. The molecule has 0 aromatic rings. The fourth-order valence-electron chi connectivity index (χ4n) is 1.95. The molecule has 0 spiro atoms. The SMILES string of the molecule is CN(CCCCN1CCNCC1)C(C)(C)C. The standard InChI is InChI=1S/C13H29N3/c1-13(2,3)15(4)9-5-6-10-16-11-7-14-8-12-16/h14H,5-12H2,1-4H3. The van der Waals surface area contributed by atoms with Crippen molar-refractivity contribution < 1.29 is 0 Å². The molecule has 3 heteroatoms. The lowest BCUT2D eigenvalue weighted by atomic mass is 10.1. The molecule has 0 aromatic carbocycles. The Morgan fingerprint density at radius 2 is 1.75 bits per heavy atom. The Bertz CT molecular complexity index is 180. The van der Waals surface area contributed by atoms with E-state index in [-0.39, 0.29) is 0 Å². The van der Waals surface area contributed by atoms with Crippen LogP contribution in [0.2, 0.25) is 0 Å². The largest absolute Gasteiger partial charge is 0.314 e. The molecule has 1 rings (SSSR count). The molecule has 0 saturated carbocycles. The van der Waals surface area contributed by atoms with Crippen molar-refractivity contribution >= 4 is 0 Å². The van der Waals surface area contributed by atoms with Crippen LogP contribution in [0.3, 0.4) is 0 Å². The third kappa shape index (κ3) is 5.28. The quantitative estimate of drug-likeness (QED) is 0.716. The number of hydrogen-bond donors (Lipinski definition) is 1. The van der Waals surface area contributed by atoms with Gasteiger partial charge in [-0.1, -0.05) is 0 Å². The van der Waals surface area contributed by atoms with Gasteiger partial charge in [-0.15, -0.1) is 0 Å². The van der Waals surface area contributed by atoms with Crippen LogP contribution in [-0.2, 0) is 0 Å². The van der Waals surface area contributed by atoms with Crippen LogP contribution in [0.25, 0.3) is 0 Å². The molecule has 0 atom stereocenters. The predicted molar refractivity (Wildman–Crippen MR) is 70.9 cm³/mol. The molecule has 0 aliphatic carbocycles. The fraction of sp³-hybridized carbons (Fsp3) is 1.00. The lowest BCUT2D eigenvalue weighted by Crippen LogP contribution is -2.44. The first-order valence-corrected chi connectivity index (χ1v) is 6.64. The average molecular weight is 227 g/mol. The highest BCUT2D eigenvalue weighted by molar-refractivity contribution is 4.73. The average Bonchev–Trinajstić information content (AvgIpc) is 2.24. The summed E-state index contributed by atoms with van der Waals surface area (Å²) >= 11 is 0. The van der Waals surface area contributed by atoms with Gasteiger partial charge in [-0.25, -0.2) is 0 Å². The molecule has 1 aliphatic rings. The van der Waals surface area contributed by atoms with Crippen LogP contribution in [0.5, 0.6) is 0 Å². The van der Waals surface area contributed by atoms with Crippen molar-refractivity contribution in [1.29, 1.82) is 0 Å². The number of rotatable bonds is 5. The molecule has 0 amide bonds. The second-order valence-corrected chi connectivity index (χ2v) is 5.89. The van der Waals surface area contributed by atoms with Gasteiger partial charge in [0.1, 0.15) is 0 Å². The third-order valence-electron chi connectivity index (χ3n) is 3.57. The van der Waals surface area contributed by atoms with Crippen LogP contribution in [0.4, 0.5) is 0 Å². The molecule has 3 nitrogen and oxygen atoms in total. The van der Waals surface area contributed by atoms with Gasteiger partial charge >= 0.3 is 0 Å². The summed E-state index contributed by atoms with van der Waals surface area (Å²) in [5.74, 6) is 0. The zero-order valence-electron chi connectivity index (χ0n) is 11.6. The minimum atomic E-state index is 0.315. The highest BCUT2D eigenvalue weighted by Crippen LogP contribution is 2.11. The van der Waals surface area contributed by atoms with Crippen LogP contribution < -0.4 is 5.32 Å². The Balaban J connectivity index is 2.02. The first-order chi connectivity index (χ1) is 7.50. The van der Waals surface area contributed by atoms with E-state index in [1.807, 2.05) is 0 Å². The second kappa shape index (κ2) is 6.58. The Morgan fingerprint density at radius 3 is 2.31 bits per heavy atom. The Hall–Kier alpha value is -0.120. The fourth-order valence-corrected chi connectivity index (χ4v) is 1.95. The summed E-state index contributed by atoms with van der Waals surface area (Å²) in [6.45, 7) is 14.1. The van der Waals surface area contributed by atoms with E-state index >= 15 is 0 Å². The lowest BCUT2D eigenvalue weighted by molar-refractivity contribution is 0.167. The highest BCUT2D eigenvalue weighted by Gasteiger charge is 2.16. The minimum absolute atomic E-state index is 0.315. The second-order valence-electron chi connectivity index (χ2n) is 5.89. The first-order valence-electron chi connectivity index (χ1n) is 6.64. The Kier molecular flexibility index (Phi) is 5.73. The monoisotopic (exact) mass is 227 g/mol. The summed E-state index contributed by atoms with van der Waals surface area (Å²) in [7, 11) is 2.23.